The number of hydrogen-bond donors (Lipinski definition) is 2. The number of benzene rings is 2. The molecule has 8 heteroatoms. The molecule has 0 aliphatic heterocycles. The van der Waals surface area contributed by atoms with Gasteiger partial charge >= 0.3 is 0 Å². The van der Waals surface area contributed by atoms with Crippen molar-refractivity contribution in [2.75, 3.05) is 30.5 Å². The first-order valence-corrected chi connectivity index (χ1v) is 10.4. The topological polar surface area (TPSA) is 100 Å². The number of para-hydroxylation sites is 1. The molecule has 2 aromatic rings. The summed E-state index contributed by atoms with van der Waals surface area (Å²) < 4.78 is 10.7. The Morgan fingerprint density at radius 3 is 2.59 bits per heavy atom. The van der Waals surface area contributed by atoms with Gasteiger partial charge in [0.15, 0.2) is 13.2 Å². The van der Waals surface area contributed by atoms with Crippen LogP contribution in [-0.4, -0.2) is 43.1 Å². The first-order valence-electron chi connectivity index (χ1n) is 8.99. The van der Waals surface area contributed by atoms with Crippen LogP contribution in [0.5, 0.6) is 11.5 Å². The number of nitrogens with zero attached hydrogens (tertiary/aromatic N) is 1. The fourth-order valence-corrected chi connectivity index (χ4v) is 2.89. The molecule has 0 fully saturated rings. The summed E-state index contributed by atoms with van der Waals surface area (Å²) >= 11 is 1.59. The number of amides is 2. The molecule has 2 rings (SSSR count). The maximum absolute atomic E-state index is 12.7. The summed E-state index contributed by atoms with van der Waals surface area (Å²) in [7, 11) is 0. The third kappa shape index (κ3) is 8.15. The summed E-state index contributed by atoms with van der Waals surface area (Å²) in [5.74, 6) is 1.07. The van der Waals surface area contributed by atoms with Gasteiger partial charge in [-0.1, -0.05) is 24.3 Å². The summed E-state index contributed by atoms with van der Waals surface area (Å²) in [6, 6.07) is 16.9. The number of rotatable bonds is 11. The van der Waals surface area contributed by atoms with E-state index < -0.39 is 6.04 Å². The van der Waals surface area contributed by atoms with Crippen LogP contribution in [0.4, 0.5) is 5.69 Å². The molecule has 0 saturated carbocycles. The van der Waals surface area contributed by atoms with Crippen LogP contribution in [0.3, 0.4) is 0 Å². The Morgan fingerprint density at radius 1 is 1.10 bits per heavy atom. The second kappa shape index (κ2) is 12.3. The first-order chi connectivity index (χ1) is 14.1. The summed E-state index contributed by atoms with van der Waals surface area (Å²) in [4.78, 5) is 24.9. The SMILES string of the molecule is CSCCC(NC(=O)COc1ccccc1)C(=O)Nc1cccc(OCC#N)c1. The van der Waals surface area contributed by atoms with Crippen molar-refractivity contribution in [3.8, 4) is 17.6 Å². The number of carbonyl (C=O) groups is 2. The van der Waals surface area contributed by atoms with Crippen LogP contribution in [0.25, 0.3) is 0 Å². The van der Waals surface area contributed by atoms with E-state index in [-0.39, 0.29) is 25.0 Å². The van der Waals surface area contributed by atoms with Gasteiger partial charge in [0, 0.05) is 11.8 Å². The van der Waals surface area contributed by atoms with Crippen molar-refractivity contribution in [1.82, 2.24) is 5.32 Å². The minimum Gasteiger partial charge on any atom is -0.484 e. The summed E-state index contributed by atoms with van der Waals surface area (Å²) in [5.41, 5.74) is 0.523. The van der Waals surface area contributed by atoms with Gasteiger partial charge < -0.3 is 20.1 Å². The first kappa shape index (κ1) is 22.1. The fourth-order valence-electron chi connectivity index (χ4n) is 2.41. The lowest BCUT2D eigenvalue weighted by atomic mass is 10.2. The summed E-state index contributed by atoms with van der Waals surface area (Å²) in [6.07, 6.45) is 2.42. The zero-order chi connectivity index (χ0) is 20.9. The highest BCUT2D eigenvalue weighted by atomic mass is 32.2. The zero-order valence-electron chi connectivity index (χ0n) is 16.1. The van der Waals surface area contributed by atoms with Crippen LogP contribution in [0.2, 0.25) is 0 Å². The Hall–Kier alpha value is -3.18. The van der Waals surface area contributed by atoms with Crippen molar-refractivity contribution < 1.29 is 19.1 Å². The van der Waals surface area contributed by atoms with Crippen molar-refractivity contribution >= 4 is 29.3 Å². The average molecular weight is 413 g/mol. The average Bonchev–Trinajstić information content (AvgIpc) is 2.74. The van der Waals surface area contributed by atoms with E-state index in [2.05, 4.69) is 10.6 Å². The Bertz CT molecular complexity index is 839. The normalized spacial score (nSPS) is 11.0. The maximum atomic E-state index is 12.7. The van der Waals surface area contributed by atoms with Gasteiger partial charge in [-0.05, 0) is 42.7 Å². The van der Waals surface area contributed by atoms with Gasteiger partial charge in [0.05, 0.1) is 0 Å². The van der Waals surface area contributed by atoms with Crippen molar-refractivity contribution in [3.63, 3.8) is 0 Å². The smallest absolute Gasteiger partial charge is 0.258 e. The molecule has 7 nitrogen and oxygen atoms in total. The molecular weight excluding hydrogens is 390 g/mol. The highest BCUT2D eigenvalue weighted by molar-refractivity contribution is 7.98. The Kier molecular flexibility index (Phi) is 9.39. The van der Waals surface area contributed by atoms with Gasteiger partial charge in [0.2, 0.25) is 5.91 Å². The molecule has 29 heavy (non-hydrogen) atoms. The summed E-state index contributed by atoms with van der Waals surface area (Å²) in [5, 5.41) is 14.1. The number of nitriles is 1. The molecule has 1 atom stereocenters. The second-order valence-corrected chi connectivity index (χ2v) is 6.95. The largest absolute Gasteiger partial charge is 0.484 e. The van der Waals surface area contributed by atoms with Crippen LogP contribution in [-0.2, 0) is 9.59 Å². The van der Waals surface area contributed by atoms with Crippen LogP contribution in [0, 0.1) is 11.3 Å². The third-order valence-corrected chi connectivity index (χ3v) is 4.42. The molecule has 0 radical (unpaired) electrons. The number of thioether (sulfide) groups is 1. The van der Waals surface area contributed by atoms with Crippen LogP contribution < -0.4 is 20.1 Å². The molecule has 0 saturated heterocycles. The van der Waals surface area contributed by atoms with Crippen LogP contribution in [0.15, 0.2) is 54.6 Å². The monoisotopic (exact) mass is 413 g/mol. The molecular formula is C21H23N3O4S. The minimum absolute atomic E-state index is 0.0782. The van der Waals surface area contributed by atoms with E-state index in [1.54, 1.807) is 48.2 Å². The van der Waals surface area contributed by atoms with E-state index in [1.165, 1.54) is 0 Å². The highest BCUT2D eigenvalue weighted by Crippen LogP contribution is 2.18. The number of anilines is 1. The number of carbonyl (C=O) groups excluding carboxylic acids is 2. The van der Waals surface area contributed by atoms with E-state index in [4.69, 9.17) is 14.7 Å². The lowest BCUT2D eigenvalue weighted by molar-refractivity contribution is -0.127. The molecule has 0 aromatic heterocycles. The molecule has 0 heterocycles. The molecule has 2 amide bonds. The summed E-state index contributed by atoms with van der Waals surface area (Å²) in [6.45, 7) is -0.254. The van der Waals surface area contributed by atoms with Gasteiger partial charge in [-0.3, -0.25) is 9.59 Å². The molecule has 0 spiro atoms. The fraction of sp³-hybridized carbons (Fsp3) is 0.286. The molecule has 1 unspecified atom stereocenters. The Balaban J connectivity index is 1.94. The van der Waals surface area contributed by atoms with E-state index in [0.717, 1.165) is 0 Å². The zero-order valence-corrected chi connectivity index (χ0v) is 16.9. The molecule has 2 aromatic carbocycles. The van der Waals surface area contributed by atoms with Crippen LogP contribution in [0.1, 0.15) is 6.42 Å². The number of hydrogen-bond acceptors (Lipinski definition) is 6. The maximum Gasteiger partial charge on any atom is 0.258 e. The molecule has 0 aliphatic rings. The van der Waals surface area contributed by atoms with E-state index in [0.29, 0.717) is 29.4 Å². The molecule has 0 aliphatic carbocycles. The Morgan fingerprint density at radius 2 is 1.86 bits per heavy atom. The van der Waals surface area contributed by atoms with Crippen molar-refractivity contribution in [3.05, 3.63) is 54.6 Å². The van der Waals surface area contributed by atoms with Crippen molar-refractivity contribution in [2.24, 2.45) is 0 Å². The van der Waals surface area contributed by atoms with Gasteiger partial charge in [-0.25, -0.2) is 0 Å². The Labute approximate surface area is 174 Å². The number of ether oxygens (including phenoxy) is 2. The standard InChI is InChI=1S/C21H23N3O4S/c1-29-13-10-19(24-20(25)15-28-17-7-3-2-4-8-17)21(26)23-16-6-5-9-18(14-16)27-12-11-22/h2-9,14,19H,10,12-13,15H2,1H3,(H,23,26)(H,24,25). The van der Waals surface area contributed by atoms with E-state index in [1.807, 2.05) is 30.5 Å². The van der Waals surface area contributed by atoms with Gasteiger partial charge in [-0.2, -0.15) is 17.0 Å². The second-order valence-electron chi connectivity index (χ2n) is 5.97. The van der Waals surface area contributed by atoms with Gasteiger partial charge in [0.25, 0.3) is 5.91 Å². The van der Waals surface area contributed by atoms with Crippen molar-refractivity contribution in [2.45, 2.75) is 12.5 Å². The molecule has 152 valence electrons. The quantitative estimate of drug-likeness (QED) is 0.588. The van der Waals surface area contributed by atoms with E-state index >= 15 is 0 Å². The predicted octanol–water partition coefficient (Wildman–Crippen LogP) is 2.84. The van der Waals surface area contributed by atoms with Gasteiger partial charge in [-0.15, -0.1) is 0 Å². The minimum atomic E-state index is -0.696. The van der Waals surface area contributed by atoms with Crippen molar-refractivity contribution in [1.29, 1.82) is 5.26 Å². The lowest BCUT2D eigenvalue weighted by Crippen LogP contribution is -2.45. The predicted molar refractivity (Wildman–Crippen MR) is 113 cm³/mol. The molecule has 0 bridgehead atoms. The van der Waals surface area contributed by atoms with Gasteiger partial charge in [0.1, 0.15) is 23.6 Å². The number of nitrogens with one attached hydrogen (secondary N) is 2. The lowest BCUT2D eigenvalue weighted by Gasteiger charge is -2.18. The molecule has 2 N–H and O–H groups in total. The van der Waals surface area contributed by atoms with Crippen LogP contribution >= 0.6 is 11.8 Å². The third-order valence-electron chi connectivity index (χ3n) is 3.78. The highest BCUT2D eigenvalue weighted by Gasteiger charge is 2.21. The van der Waals surface area contributed by atoms with E-state index in [9.17, 15) is 9.59 Å².